The monoisotopic (exact) mass is 227 g/mol. The zero-order valence-corrected chi connectivity index (χ0v) is 9.65. The van der Waals surface area contributed by atoms with E-state index in [-0.39, 0.29) is 24.0 Å². The predicted octanol–water partition coefficient (Wildman–Crippen LogP) is 0.833. The first-order valence-electron chi connectivity index (χ1n) is 6.33. The fourth-order valence-corrected chi connectivity index (χ4v) is 2.53. The average Bonchev–Trinajstić information content (AvgIpc) is 2.33. The Morgan fingerprint density at radius 2 is 2.00 bits per heavy atom. The summed E-state index contributed by atoms with van der Waals surface area (Å²) in [7, 11) is 0. The van der Waals surface area contributed by atoms with Gasteiger partial charge in [0.1, 0.15) is 0 Å². The summed E-state index contributed by atoms with van der Waals surface area (Å²) in [6.07, 6.45) is 5.40. The second kappa shape index (κ2) is 5.64. The van der Waals surface area contributed by atoms with E-state index >= 15 is 0 Å². The van der Waals surface area contributed by atoms with Crippen LogP contribution in [0.5, 0.6) is 0 Å². The summed E-state index contributed by atoms with van der Waals surface area (Å²) < 4.78 is 5.30. The van der Waals surface area contributed by atoms with E-state index in [4.69, 9.17) is 4.74 Å². The van der Waals surface area contributed by atoms with Gasteiger partial charge >= 0.3 is 0 Å². The van der Waals surface area contributed by atoms with Gasteiger partial charge in [-0.15, -0.1) is 0 Å². The van der Waals surface area contributed by atoms with E-state index in [1.807, 2.05) is 0 Å². The third kappa shape index (κ3) is 2.95. The highest BCUT2D eigenvalue weighted by Crippen LogP contribution is 2.20. The smallest absolute Gasteiger partial charge is 0.225 e. The number of hydrogen-bond donors (Lipinski definition) is 2. The van der Waals surface area contributed by atoms with Crippen LogP contribution in [-0.4, -0.2) is 36.4 Å². The van der Waals surface area contributed by atoms with Gasteiger partial charge in [0, 0.05) is 6.61 Å². The molecule has 0 aromatic heterocycles. The third-order valence-electron chi connectivity index (χ3n) is 3.59. The van der Waals surface area contributed by atoms with Crippen LogP contribution in [0.4, 0.5) is 0 Å². The van der Waals surface area contributed by atoms with Crippen LogP contribution in [0, 0.1) is 5.92 Å². The number of aliphatic hydroxyl groups excluding tert-OH is 1. The molecular weight excluding hydrogens is 206 g/mol. The molecule has 4 heteroatoms. The van der Waals surface area contributed by atoms with Crippen molar-refractivity contribution in [2.45, 2.75) is 50.7 Å². The van der Waals surface area contributed by atoms with E-state index in [0.29, 0.717) is 6.61 Å². The Balaban J connectivity index is 1.80. The predicted molar refractivity (Wildman–Crippen MR) is 59.9 cm³/mol. The van der Waals surface area contributed by atoms with Crippen molar-refractivity contribution in [3.8, 4) is 0 Å². The zero-order valence-electron chi connectivity index (χ0n) is 9.65. The summed E-state index contributed by atoms with van der Waals surface area (Å²) in [6.45, 7) is 1.31. The fraction of sp³-hybridized carbons (Fsp3) is 0.917. The van der Waals surface area contributed by atoms with Gasteiger partial charge in [0.05, 0.1) is 24.7 Å². The molecule has 2 rings (SSSR count). The molecule has 2 N–H and O–H groups in total. The van der Waals surface area contributed by atoms with Gasteiger partial charge < -0.3 is 15.2 Å². The Labute approximate surface area is 96.4 Å². The molecule has 1 aliphatic carbocycles. The molecule has 2 aliphatic rings. The maximum absolute atomic E-state index is 11.9. The summed E-state index contributed by atoms with van der Waals surface area (Å²) in [5, 5.41) is 12.7. The van der Waals surface area contributed by atoms with Crippen LogP contribution in [0.2, 0.25) is 0 Å². The first kappa shape index (κ1) is 11.9. The van der Waals surface area contributed by atoms with Crippen molar-refractivity contribution in [3.05, 3.63) is 0 Å². The molecular formula is C12H21NO3. The first-order valence-corrected chi connectivity index (χ1v) is 6.33. The zero-order chi connectivity index (χ0) is 11.4. The standard InChI is InChI=1S/C12H21NO3/c14-11-6-2-1-5-10(11)13-12(15)9-4-3-7-16-8-9/h9-11,14H,1-8H2,(H,13,15)/t9?,10-,11-/m1/s1. The lowest BCUT2D eigenvalue weighted by atomic mass is 9.91. The van der Waals surface area contributed by atoms with E-state index in [1.54, 1.807) is 0 Å². The van der Waals surface area contributed by atoms with Crippen molar-refractivity contribution in [2.24, 2.45) is 5.92 Å². The van der Waals surface area contributed by atoms with Gasteiger partial charge in [0.15, 0.2) is 0 Å². The van der Waals surface area contributed by atoms with Crippen molar-refractivity contribution >= 4 is 5.91 Å². The average molecular weight is 227 g/mol. The van der Waals surface area contributed by atoms with Crippen LogP contribution >= 0.6 is 0 Å². The largest absolute Gasteiger partial charge is 0.391 e. The maximum Gasteiger partial charge on any atom is 0.225 e. The number of rotatable bonds is 2. The van der Waals surface area contributed by atoms with Crippen molar-refractivity contribution < 1.29 is 14.6 Å². The Morgan fingerprint density at radius 1 is 1.19 bits per heavy atom. The molecule has 3 atom stereocenters. The molecule has 0 aromatic rings. The third-order valence-corrected chi connectivity index (χ3v) is 3.59. The highest BCUT2D eigenvalue weighted by atomic mass is 16.5. The van der Waals surface area contributed by atoms with Crippen LogP contribution < -0.4 is 5.32 Å². The number of hydrogen-bond acceptors (Lipinski definition) is 3. The highest BCUT2D eigenvalue weighted by molar-refractivity contribution is 5.79. The Kier molecular flexibility index (Phi) is 4.18. The minimum Gasteiger partial charge on any atom is -0.391 e. The van der Waals surface area contributed by atoms with Gasteiger partial charge in [-0.3, -0.25) is 4.79 Å². The van der Waals surface area contributed by atoms with Crippen LogP contribution in [0.3, 0.4) is 0 Å². The summed E-state index contributed by atoms with van der Waals surface area (Å²) >= 11 is 0. The summed E-state index contributed by atoms with van der Waals surface area (Å²) in [6, 6.07) is -0.0387. The lowest BCUT2D eigenvalue weighted by Gasteiger charge is -2.30. The lowest BCUT2D eigenvalue weighted by molar-refractivity contribution is -0.130. The number of carbonyl (C=O) groups is 1. The lowest BCUT2D eigenvalue weighted by Crippen LogP contribution is -2.48. The van der Waals surface area contributed by atoms with E-state index in [2.05, 4.69) is 5.32 Å². The normalized spacial score (nSPS) is 35.7. The molecule has 1 heterocycles. The Bertz CT molecular complexity index is 238. The molecule has 0 aromatic carbocycles. The molecule has 16 heavy (non-hydrogen) atoms. The van der Waals surface area contributed by atoms with Gasteiger partial charge in [-0.05, 0) is 25.7 Å². The fourth-order valence-electron chi connectivity index (χ4n) is 2.53. The van der Waals surface area contributed by atoms with Crippen molar-refractivity contribution in [1.29, 1.82) is 0 Å². The molecule has 1 amide bonds. The van der Waals surface area contributed by atoms with Gasteiger partial charge in [0.25, 0.3) is 0 Å². The maximum atomic E-state index is 11.9. The number of amides is 1. The van der Waals surface area contributed by atoms with E-state index in [9.17, 15) is 9.90 Å². The molecule has 92 valence electrons. The summed E-state index contributed by atoms with van der Waals surface area (Å²) in [5.74, 6) is 0.0496. The summed E-state index contributed by atoms with van der Waals surface area (Å²) in [4.78, 5) is 11.9. The van der Waals surface area contributed by atoms with Gasteiger partial charge in [0.2, 0.25) is 5.91 Å². The highest BCUT2D eigenvalue weighted by Gasteiger charge is 2.28. The molecule has 2 fully saturated rings. The molecule has 0 radical (unpaired) electrons. The van der Waals surface area contributed by atoms with E-state index in [1.165, 1.54) is 0 Å². The van der Waals surface area contributed by atoms with E-state index in [0.717, 1.165) is 45.1 Å². The Hall–Kier alpha value is -0.610. The number of nitrogens with one attached hydrogen (secondary N) is 1. The molecule has 0 spiro atoms. The van der Waals surface area contributed by atoms with E-state index < -0.39 is 0 Å². The molecule has 1 unspecified atom stereocenters. The second-order valence-corrected chi connectivity index (χ2v) is 4.88. The Morgan fingerprint density at radius 3 is 2.69 bits per heavy atom. The van der Waals surface area contributed by atoms with Gasteiger partial charge in [-0.1, -0.05) is 12.8 Å². The van der Waals surface area contributed by atoms with Gasteiger partial charge in [-0.25, -0.2) is 0 Å². The first-order chi connectivity index (χ1) is 7.77. The molecule has 1 aliphatic heterocycles. The van der Waals surface area contributed by atoms with Crippen molar-refractivity contribution in [1.82, 2.24) is 5.32 Å². The van der Waals surface area contributed by atoms with Crippen LogP contribution in [0.15, 0.2) is 0 Å². The molecule has 4 nitrogen and oxygen atoms in total. The topological polar surface area (TPSA) is 58.6 Å². The van der Waals surface area contributed by atoms with Gasteiger partial charge in [-0.2, -0.15) is 0 Å². The second-order valence-electron chi connectivity index (χ2n) is 4.88. The van der Waals surface area contributed by atoms with Crippen LogP contribution in [0.25, 0.3) is 0 Å². The number of aliphatic hydroxyl groups is 1. The minimum atomic E-state index is -0.359. The van der Waals surface area contributed by atoms with Crippen LogP contribution in [-0.2, 0) is 9.53 Å². The quantitative estimate of drug-likeness (QED) is 0.734. The molecule has 0 bridgehead atoms. The minimum absolute atomic E-state index is 0.0112. The van der Waals surface area contributed by atoms with Crippen molar-refractivity contribution in [3.63, 3.8) is 0 Å². The SMILES string of the molecule is O=C(N[C@@H]1CCCC[C@H]1O)C1CCCOC1. The van der Waals surface area contributed by atoms with Crippen molar-refractivity contribution in [2.75, 3.05) is 13.2 Å². The summed E-state index contributed by atoms with van der Waals surface area (Å²) in [5.41, 5.74) is 0. The van der Waals surface area contributed by atoms with Crippen LogP contribution in [0.1, 0.15) is 38.5 Å². The number of ether oxygens (including phenoxy) is 1. The molecule has 1 saturated heterocycles. The number of carbonyl (C=O) groups excluding carboxylic acids is 1. The molecule has 1 saturated carbocycles.